The van der Waals surface area contributed by atoms with Crippen LogP contribution in [0.25, 0.3) is 11.1 Å². The van der Waals surface area contributed by atoms with Crippen molar-refractivity contribution in [1.29, 1.82) is 0 Å². The van der Waals surface area contributed by atoms with Gasteiger partial charge in [0, 0.05) is 11.6 Å². The summed E-state index contributed by atoms with van der Waals surface area (Å²) in [5, 5.41) is 0. The van der Waals surface area contributed by atoms with Gasteiger partial charge in [-0.3, -0.25) is 9.11 Å². The Hall–Kier alpha value is -1.94. The summed E-state index contributed by atoms with van der Waals surface area (Å²) < 4.78 is 68.7. The Labute approximate surface area is 146 Å². The van der Waals surface area contributed by atoms with Crippen LogP contribution in [0.1, 0.15) is 19.8 Å². The summed E-state index contributed by atoms with van der Waals surface area (Å²) in [6, 6.07) is 9.32. The fourth-order valence-electron chi connectivity index (χ4n) is 2.15. The minimum atomic E-state index is -4.37. The predicted octanol–water partition coefficient (Wildman–Crippen LogP) is 3.03. The number of rotatable bonds is 7. The third-order valence-electron chi connectivity index (χ3n) is 3.47. The number of unbranched alkanes of at least 4 members (excludes halogenated alkanes) is 1. The molecule has 25 heavy (non-hydrogen) atoms. The lowest BCUT2D eigenvalue weighted by Gasteiger charge is -2.13. The first-order chi connectivity index (χ1) is 11.6. The molecule has 0 aromatic heterocycles. The van der Waals surface area contributed by atoms with Gasteiger partial charge in [-0.2, -0.15) is 16.8 Å². The van der Waals surface area contributed by atoms with Crippen molar-refractivity contribution in [3.63, 3.8) is 0 Å². The van der Waals surface area contributed by atoms with Crippen LogP contribution in [0.3, 0.4) is 0 Å². The quantitative estimate of drug-likeness (QED) is 0.554. The standard InChI is InChI=1S/C16H18O7S2/c1-2-3-10-23-16-11-14(25(20,21)22)8-9-15(16)12-4-6-13(7-5-12)24(17,18)19/h4-9,11H,2-3,10H2,1H3,(H,17,18,19)(H,20,21,22). The zero-order chi connectivity index (χ0) is 18.7. The van der Waals surface area contributed by atoms with Gasteiger partial charge in [0.1, 0.15) is 5.75 Å². The lowest BCUT2D eigenvalue weighted by Crippen LogP contribution is -2.02. The third-order valence-corrected chi connectivity index (χ3v) is 5.19. The Morgan fingerprint density at radius 2 is 1.44 bits per heavy atom. The molecule has 0 atom stereocenters. The Morgan fingerprint density at radius 1 is 0.880 bits per heavy atom. The van der Waals surface area contributed by atoms with E-state index in [2.05, 4.69) is 0 Å². The van der Waals surface area contributed by atoms with Crippen LogP contribution < -0.4 is 4.74 Å². The van der Waals surface area contributed by atoms with Crippen LogP contribution in [-0.4, -0.2) is 32.5 Å². The summed E-state index contributed by atoms with van der Waals surface area (Å²) in [4.78, 5) is -0.545. The second kappa shape index (κ2) is 7.52. The topological polar surface area (TPSA) is 118 Å². The molecule has 0 saturated heterocycles. The smallest absolute Gasteiger partial charge is 0.294 e. The fourth-order valence-corrected chi connectivity index (χ4v) is 3.13. The van der Waals surface area contributed by atoms with E-state index in [4.69, 9.17) is 9.29 Å². The Morgan fingerprint density at radius 3 is 1.96 bits per heavy atom. The molecule has 0 amide bonds. The van der Waals surface area contributed by atoms with Crippen LogP contribution >= 0.6 is 0 Å². The number of benzene rings is 2. The zero-order valence-corrected chi connectivity index (χ0v) is 15.0. The van der Waals surface area contributed by atoms with Crippen LogP contribution in [0.4, 0.5) is 0 Å². The van der Waals surface area contributed by atoms with Gasteiger partial charge in [-0.15, -0.1) is 0 Å². The SMILES string of the molecule is CCCCOc1cc(S(=O)(=O)O)ccc1-c1ccc(S(=O)(=O)O)cc1. The van der Waals surface area contributed by atoms with E-state index in [1.807, 2.05) is 6.92 Å². The molecule has 0 heterocycles. The van der Waals surface area contributed by atoms with Crippen molar-refractivity contribution < 1.29 is 30.7 Å². The van der Waals surface area contributed by atoms with E-state index in [9.17, 15) is 21.4 Å². The molecule has 9 heteroatoms. The summed E-state index contributed by atoms with van der Waals surface area (Å²) in [6.07, 6.45) is 1.65. The van der Waals surface area contributed by atoms with E-state index in [1.54, 1.807) is 0 Å². The Kier molecular flexibility index (Phi) is 5.83. The van der Waals surface area contributed by atoms with Gasteiger partial charge in [0.15, 0.2) is 0 Å². The zero-order valence-electron chi connectivity index (χ0n) is 13.4. The van der Waals surface area contributed by atoms with Gasteiger partial charge in [0.05, 0.1) is 16.4 Å². The van der Waals surface area contributed by atoms with Crippen LogP contribution in [0.2, 0.25) is 0 Å². The molecule has 2 aromatic carbocycles. The fraction of sp³-hybridized carbons (Fsp3) is 0.250. The second-order valence-electron chi connectivity index (χ2n) is 5.33. The molecule has 0 saturated carbocycles. The maximum atomic E-state index is 11.3. The lowest BCUT2D eigenvalue weighted by atomic mass is 10.0. The van der Waals surface area contributed by atoms with Crippen LogP contribution in [0, 0.1) is 0 Å². The van der Waals surface area contributed by atoms with E-state index in [0.29, 0.717) is 17.7 Å². The average molecular weight is 386 g/mol. The molecule has 7 nitrogen and oxygen atoms in total. The normalized spacial score (nSPS) is 12.1. The van der Waals surface area contributed by atoms with Gasteiger partial charge >= 0.3 is 0 Å². The molecule has 0 bridgehead atoms. The Balaban J connectivity index is 2.48. The third kappa shape index (κ3) is 5.02. The summed E-state index contributed by atoms with van der Waals surface area (Å²) >= 11 is 0. The minimum absolute atomic E-state index is 0.251. The first-order valence-corrected chi connectivity index (χ1v) is 10.3. The van der Waals surface area contributed by atoms with Crippen molar-refractivity contribution in [2.45, 2.75) is 29.6 Å². The summed E-state index contributed by atoms with van der Waals surface area (Å²) in [5.74, 6) is 0.253. The van der Waals surface area contributed by atoms with Crippen molar-refractivity contribution in [2.24, 2.45) is 0 Å². The minimum Gasteiger partial charge on any atom is -0.493 e. The molecule has 0 spiro atoms. The molecule has 0 fully saturated rings. The first-order valence-electron chi connectivity index (χ1n) is 7.45. The highest BCUT2D eigenvalue weighted by Crippen LogP contribution is 2.33. The van der Waals surface area contributed by atoms with Crippen molar-refractivity contribution >= 4 is 20.2 Å². The summed E-state index contributed by atoms with van der Waals surface area (Å²) in [6.45, 7) is 2.34. The molecule has 0 aliphatic heterocycles. The number of ether oxygens (including phenoxy) is 1. The van der Waals surface area contributed by atoms with E-state index in [-0.39, 0.29) is 15.5 Å². The van der Waals surface area contributed by atoms with E-state index in [0.717, 1.165) is 12.8 Å². The second-order valence-corrected chi connectivity index (χ2v) is 8.18. The number of hydrogen-bond donors (Lipinski definition) is 2. The maximum absolute atomic E-state index is 11.3. The number of hydrogen-bond acceptors (Lipinski definition) is 5. The lowest BCUT2D eigenvalue weighted by molar-refractivity contribution is 0.309. The van der Waals surface area contributed by atoms with Gasteiger partial charge in [0.2, 0.25) is 0 Å². The average Bonchev–Trinajstić information content (AvgIpc) is 2.53. The Bertz CT molecular complexity index is 946. The first kappa shape index (κ1) is 19.4. The van der Waals surface area contributed by atoms with E-state index in [1.165, 1.54) is 42.5 Å². The molecule has 0 unspecified atom stereocenters. The van der Waals surface area contributed by atoms with Crippen LogP contribution in [0.5, 0.6) is 5.75 Å². The van der Waals surface area contributed by atoms with Gasteiger partial charge in [-0.05, 0) is 36.2 Å². The predicted molar refractivity (Wildman–Crippen MR) is 91.9 cm³/mol. The molecule has 136 valence electrons. The van der Waals surface area contributed by atoms with Gasteiger partial charge in [0.25, 0.3) is 20.2 Å². The molecule has 2 rings (SSSR count). The summed E-state index contributed by atoms with van der Waals surface area (Å²) in [5.41, 5.74) is 1.10. The molecular formula is C16H18O7S2. The molecule has 0 aliphatic carbocycles. The highest BCUT2D eigenvalue weighted by atomic mass is 32.2. The molecule has 0 aliphatic rings. The highest BCUT2D eigenvalue weighted by Gasteiger charge is 2.16. The van der Waals surface area contributed by atoms with E-state index >= 15 is 0 Å². The maximum Gasteiger partial charge on any atom is 0.294 e. The van der Waals surface area contributed by atoms with Crippen molar-refractivity contribution in [2.75, 3.05) is 6.61 Å². The summed E-state index contributed by atoms with van der Waals surface area (Å²) in [7, 11) is -8.67. The van der Waals surface area contributed by atoms with Crippen LogP contribution in [0.15, 0.2) is 52.3 Å². The molecule has 2 aromatic rings. The van der Waals surface area contributed by atoms with Crippen LogP contribution in [-0.2, 0) is 20.2 Å². The van der Waals surface area contributed by atoms with Gasteiger partial charge < -0.3 is 4.74 Å². The van der Waals surface area contributed by atoms with Crippen molar-refractivity contribution in [3.05, 3.63) is 42.5 Å². The molecule has 0 radical (unpaired) electrons. The molecular weight excluding hydrogens is 368 g/mol. The van der Waals surface area contributed by atoms with Gasteiger partial charge in [-0.1, -0.05) is 25.5 Å². The van der Waals surface area contributed by atoms with E-state index < -0.39 is 20.2 Å². The highest BCUT2D eigenvalue weighted by molar-refractivity contribution is 7.86. The monoisotopic (exact) mass is 386 g/mol. The van der Waals surface area contributed by atoms with Crippen molar-refractivity contribution in [1.82, 2.24) is 0 Å². The largest absolute Gasteiger partial charge is 0.493 e. The van der Waals surface area contributed by atoms with Crippen molar-refractivity contribution in [3.8, 4) is 16.9 Å². The molecule has 2 N–H and O–H groups in total. The van der Waals surface area contributed by atoms with Gasteiger partial charge in [-0.25, -0.2) is 0 Å².